The van der Waals surface area contributed by atoms with E-state index in [4.69, 9.17) is 15.2 Å². The zero-order chi connectivity index (χ0) is 19.7. The first-order valence-electron chi connectivity index (χ1n) is 9.14. The van der Waals surface area contributed by atoms with E-state index in [0.29, 0.717) is 0 Å². The fraction of sp³-hybridized carbons (Fsp3) is 0.409. The van der Waals surface area contributed by atoms with Crippen LogP contribution in [0.1, 0.15) is 37.8 Å². The molecule has 2 aromatic rings. The molecule has 27 heavy (non-hydrogen) atoms. The molecule has 0 radical (unpaired) electrons. The molecule has 5 heteroatoms. The number of rotatable bonds is 6. The molecule has 0 aromatic heterocycles. The molecule has 1 atom stereocenters. The third kappa shape index (κ3) is 4.05. The lowest BCUT2D eigenvalue weighted by atomic mass is 9.97. The van der Waals surface area contributed by atoms with E-state index in [0.717, 1.165) is 22.3 Å². The summed E-state index contributed by atoms with van der Waals surface area (Å²) in [5, 5.41) is 9.65. The Bertz CT molecular complexity index is 782. The SMILES string of the molecule is CC(C)(C)OCC(N)(CO)C(=O)OCC1c2ccccc2-c2ccccc21. The molecule has 0 saturated heterocycles. The lowest BCUT2D eigenvalue weighted by molar-refractivity contribution is -0.157. The Labute approximate surface area is 160 Å². The standard InChI is InChI=1S/C22H27NO4/c1-21(2,3)27-14-22(23,13-24)20(25)26-12-19-17-10-6-4-8-15(17)16-9-5-7-11-18(16)19/h4-11,19,24H,12-14,23H2,1-3H3. The topological polar surface area (TPSA) is 81.8 Å². The summed E-state index contributed by atoms with van der Waals surface area (Å²) < 4.78 is 11.2. The number of carbonyl (C=O) groups excluding carboxylic acids is 1. The second-order valence-corrected chi connectivity index (χ2v) is 8.04. The summed E-state index contributed by atoms with van der Waals surface area (Å²) in [6.45, 7) is 5.11. The highest BCUT2D eigenvalue weighted by atomic mass is 16.5. The summed E-state index contributed by atoms with van der Waals surface area (Å²) in [7, 11) is 0. The van der Waals surface area contributed by atoms with E-state index in [1.807, 2.05) is 45.0 Å². The highest BCUT2D eigenvalue weighted by Crippen LogP contribution is 2.44. The minimum Gasteiger partial charge on any atom is -0.463 e. The van der Waals surface area contributed by atoms with Gasteiger partial charge in [-0.1, -0.05) is 48.5 Å². The van der Waals surface area contributed by atoms with Crippen LogP contribution in [-0.2, 0) is 14.3 Å². The predicted molar refractivity (Wildman–Crippen MR) is 104 cm³/mol. The number of esters is 1. The van der Waals surface area contributed by atoms with Crippen molar-refractivity contribution < 1.29 is 19.4 Å². The number of benzene rings is 2. The second kappa shape index (κ2) is 7.43. The predicted octanol–water partition coefficient (Wildman–Crippen LogP) is 2.85. The van der Waals surface area contributed by atoms with Gasteiger partial charge in [0.05, 0.1) is 18.8 Å². The van der Waals surface area contributed by atoms with Gasteiger partial charge in [0.25, 0.3) is 0 Å². The van der Waals surface area contributed by atoms with Crippen molar-refractivity contribution in [2.24, 2.45) is 5.73 Å². The summed E-state index contributed by atoms with van der Waals surface area (Å²) in [4.78, 5) is 12.6. The molecule has 0 amide bonds. The van der Waals surface area contributed by atoms with Crippen LogP contribution in [0.15, 0.2) is 48.5 Å². The fourth-order valence-corrected chi connectivity index (χ4v) is 3.26. The molecular weight excluding hydrogens is 342 g/mol. The van der Waals surface area contributed by atoms with Crippen molar-refractivity contribution in [3.63, 3.8) is 0 Å². The van der Waals surface area contributed by atoms with Crippen molar-refractivity contribution in [3.05, 3.63) is 59.7 Å². The van der Waals surface area contributed by atoms with Crippen LogP contribution in [0.5, 0.6) is 0 Å². The van der Waals surface area contributed by atoms with Crippen molar-refractivity contribution in [1.29, 1.82) is 0 Å². The highest BCUT2D eigenvalue weighted by Gasteiger charge is 2.38. The molecule has 2 aromatic carbocycles. The molecule has 5 nitrogen and oxygen atoms in total. The number of carbonyl (C=O) groups is 1. The van der Waals surface area contributed by atoms with Gasteiger partial charge in [-0.15, -0.1) is 0 Å². The molecule has 3 rings (SSSR count). The molecule has 0 saturated carbocycles. The molecule has 0 fully saturated rings. The van der Waals surface area contributed by atoms with Gasteiger partial charge in [0.1, 0.15) is 6.61 Å². The van der Waals surface area contributed by atoms with Gasteiger partial charge >= 0.3 is 5.97 Å². The molecule has 3 N–H and O–H groups in total. The Morgan fingerprint density at radius 3 is 2.04 bits per heavy atom. The smallest absolute Gasteiger partial charge is 0.330 e. The zero-order valence-electron chi connectivity index (χ0n) is 16.1. The van der Waals surface area contributed by atoms with Crippen LogP contribution in [-0.4, -0.2) is 42.0 Å². The van der Waals surface area contributed by atoms with E-state index in [2.05, 4.69) is 24.3 Å². The Hall–Kier alpha value is -2.21. The molecule has 0 aliphatic heterocycles. The summed E-state index contributed by atoms with van der Waals surface area (Å²) in [6.07, 6.45) is 0. The minimum absolute atomic E-state index is 0.0483. The number of aliphatic hydroxyl groups is 1. The van der Waals surface area contributed by atoms with Crippen LogP contribution >= 0.6 is 0 Å². The number of nitrogens with two attached hydrogens (primary N) is 1. The van der Waals surface area contributed by atoms with Crippen molar-refractivity contribution in [1.82, 2.24) is 0 Å². The molecular formula is C22H27NO4. The first-order valence-corrected chi connectivity index (χ1v) is 9.14. The zero-order valence-corrected chi connectivity index (χ0v) is 16.1. The maximum atomic E-state index is 12.6. The van der Waals surface area contributed by atoms with Gasteiger partial charge in [-0.3, -0.25) is 0 Å². The van der Waals surface area contributed by atoms with E-state index in [9.17, 15) is 9.90 Å². The molecule has 144 valence electrons. The van der Waals surface area contributed by atoms with E-state index in [1.54, 1.807) is 0 Å². The lowest BCUT2D eigenvalue weighted by Gasteiger charge is -2.29. The monoisotopic (exact) mass is 369 g/mol. The molecule has 0 spiro atoms. The maximum absolute atomic E-state index is 12.6. The Balaban J connectivity index is 1.75. The first-order chi connectivity index (χ1) is 12.7. The van der Waals surface area contributed by atoms with Gasteiger partial charge in [-0.05, 0) is 43.0 Å². The van der Waals surface area contributed by atoms with E-state index < -0.39 is 23.7 Å². The lowest BCUT2D eigenvalue weighted by Crippen LogP contribution is -2.57. The van der Waals surface area contributed by atoms with Gasteiger partial charge in [0.15, 0.2) is 5.54 Å². The number of aliphatic hydroxyl groups excluding tert-OH is 1. The number of ether oxygens (including phenoxy) is 2. The van der Waals surface area contributed by atoms with Gasteiger partial charge in [0.2, 0.25) is 0 Å². The molecule has 1 aliphatic carbocycles. The van der Waals surface area contributed by atoms with Crippen LogP contribution in [0.25, 0.3) is 11.1 Å². The number of hydrogen-bond acceptors (Lipinski definition) is 5. The summed E-state index contributed by atoms with van der Waals surface area (Å²) in [5.41, 5.74) is 8.60. The largest absolute Gasteiger partial charge is 0.463 e. The Morgan fingerprint density at radius 2 is 1.56 bits per heavy atom. The van der Waals surface area contributed by atoms with Crippen molar-refractivity contribution >= 4 is 5.97 Å². The van der Waals surface area contributed by atoms with Crippen LogP contribution in [0, 0.1) is 0 Å². The van der Waals surface area contributed by atoms with Crippen molar-refractivity contribution in [2.75, 3.05) is 19.8 Å². The quantitative estimate of drug-likeness (QED) is 0.765. The van der Waals surface area contributed by atoms with Gasteiger partial charge in [-0.25, -0.2) is 4.79 Å². The Morgan fingerprint density at radius 1 is 1.04 bits per heavy atom. The molecule has 1 unspecified atom stereocenters. The number of hydrogen-bond donors (Lipinski definition) is 2. The average Bonchev–Trinajstić information content (AvgIpc) is 2.97. The Kier molecular flexibility index (Phi) is 5.38. The normalized spacial score (nSPS) is 15.7. The van der Waals surface area contributed by atoms with Crippen LogP contribution in [0.3, 0.4) is 0 Å². The van der Waals surface area contributed by atoms with E-state index in [-0.39, 0.29) is 19.1 Å². The third-order valence-corrected chi connectivity index (χ3v) is 4.80. The molecule has 1 aliphatic rings. The van der Waals surface area contributed by atoms with Crippen LogP contribution in [0.2, 0.25) is 0 Å². The average molecular weight is 369 g/mol. The fourth-order valence-electron chi connectivity index (χ4n) is 3.26. The minimum atomic E-state index is -1.58. The highest BCUT2D eigenvalue weighted by molar-refractivity contribution is 5.82. The maximum Gasteiger partial charge on any atom is 0.330 e. The van der Waals surface area contributed by atoms with Crippen molar-refractivity contribution in [2.45, 2.75) is 37.8 Å². The van der Waals surface area contributed by atoms with E-state index in [1.165, 1.54) is 0 Å². The van der Waals surface area contributed by atoms with Gasteiger partial charge in [-0.2, -0.15) is 0 Å². The molecule has 0 heterocycles. The number of fused-ring (bicyclic) bond motifs is 3. The van der Waals surface area contributed by atoms with Crippen molar-refractivity contribution in [3.8, 4) is 11.1 Å². The summed E-state index contributed by atoms with van der Waals surface area (Å²) in [6, 6.07) is 16.2. The summed E-state index contributed by atoms with van der Waals surface area (Å²) >= 11 is 0. The second-order valence-electron chi connectivity index (χ2n) is 8.04. The first kappa shape index (κ1) is 19.5. The van der Waals surface area contributed by atoms with Crippen LogP contribution in [0.4, 0.5) is 0 Å². The van der Waals surface area contributed by atoms with Gasteiger partial charge in [0, 0.05) is 5.92 Å². The summed E-state index contributed by atoms with van der Waals surface area (Å²) in [5.74, 6) is -0.705. The molecule has 0 bridgehead atoms. The van der Waals surface area contributed by atoms with E-state index >= 15 is 0 Å². The van der Waals surface area contributed by atoms with Gasteiger partial charge < -0.3 is 20.3 Å². The van der Waals surface area contributed by atoms with Crippen LogP contribution < -0.4 is 5.73 Å². The third-order valence-electron chi connectivity index (χ3n) is 4.80.